The SMILES string of the molecule is CCCCCCCCCCC(=O)OCC(F)(F)S(=O)(=O)O. The van der Waals surface area contributed by atoms with Crippen LogP contribution >= 0.6 is 0 Å². The van der Waals surface area contributed by atoms with Gasteiger partial charge in [0.2, 0.25) is 0 Å². The van der Waals surface area contributed by atoms with Crippen molar-refractivity contribution in [2.24, 2.45) is 0 Å². The van der Waals surface area contributed by atoms with Gasteiger partial charge in [-0.15, -0.1) is 0 Å². The van der Waals surface area contributed by atoms with Crippen LogP contribution in [-0.4, -0.2) is 30.8 Å². The maximum Gasteiger partial charge on any atom is 0.402 e. The van der Waals surface area contributed by atoms with E-state index in [2.05, 4.69) is 11.7 Å². The molecule has 5 nitrogen and oxygen atoms in total. The second-order valence-corrected chi connectivity index (χ2v) is 6.55. The predicted octanol–water partition coefficient (Wildman–Crippen LogP) is 3.54. The first-order valence-corrected chi connectivity index (χ1v) is 8.65. The molecule has 0 fully saturated rings. The molecule has 21 heavy (non-hydrogen) atoms. The van der Waals surface area contributed by atoms with Crippen molar-refractivity contribution in [3.05, 3.63) is 0 Å². The summed E-state index contributed by atoms with van der Waals surface area (Å²) >= 11 is 0. The standard InChI is InChI=1S/C13H24F2O5S/c1-2-3-4-5-6-7-8-9-10-12(16)20-11-13(14,15)21(17,18)19/h2-11H2,1H3,(H,17,18,19). The Kier molecular flexibility index (Phi) is 9.68. The van der Waals surface area contributed by atoms with E-state index in [4.69, 9.17) is 4.55 Å². The lowest BCUT2D eigenvalue weighted by Gasteiger charge is -2.12. The number of unbranched alkanes of at least 4 members (excludes halogenated alkanes) is 7. The van der Waals surface area contributed by atoms with Crippen molar-refractivity contribution in [3.63, 3.8) is 0 Å². The quantitative estimate of drug-likeness (QED) is 0.336. The number of alkyl halides is 2. The van der Waals surface area contributed by atoms with Crippen LogP contribution in [0.2, 0.25) is 0 Å². The second kappa shape index (κ2) is 10.0. The van der Waals surface area contributed by atoms with E-state index in [0.717, 1.165) is 25.7 Å². The molecular weight excluding hydrogens is 306 g/mol. The molecule has 0 aromatic rings. The average Bonchev–Trinajstić information content (AvgIpc) is 2.38. The summed E-state index contributed by atoms with van der Waals surface area (Å²) in [4.78, 5) is 11.2. The summed E-state index contributed by atoms with van der Waals surface area (Å²) in [5.41, 5.74) is 0. The number of carbonyl (C=O) groups is 1. The first kappa shape index (κ1) is 20.2. The largest absolute Gasteiger partial charge is 0.458 e. The second-order valence-electron chi connectivity index (χ2n) is 5.00. The molecule has 0 unspecified atom stereocenters. The lowest BCUT2D eigenvalue weighted by molar-refractivity contribution is -0.149. The zero-order chi connectivity index (χ0) is 16.4. The number of hydrogen-bond acceptors (Lipinski definition) is 4. The Morgan fingerprint density at radius 3 is 2.00 bits per heavy atom. The highest BCUT2D eigenvalue weighted by Crippen LogP contribution is 2.21. The molecule has 0 heterocycles. The van der Waals surface area contributed by atoms with Gasteiger partial charge in [-0.2, -0.15) is 17.2 Å². The van der Waals surface area contributed by atoms with Crippen LogP contribution in [0.3, 0.4) is 0 Å². The monoisotopic (exact) mass is 330 g/mol. The van der Waals surface area contributed by atoms with Crippen molar-refractivity contribution in [2.45, 2.75) is 70.0 Å². The van der Waals surface area contributed by atoms with Gasteiger partial charge in [0.1, 0.15) is 0 Å². The summed E-state index contributed by atoms with van der Waals surface area (Å²) < 4.78 is 58.5. The van der Waals surface area contributed by atoms with Crippen LogP contribution in [0.5, 0.6) is 0 Å². The van der Waals surface area contributed by atoms with Gasteiger partial charge in [0.05, 0.1) is 0 Å². The molecular formula is C13H24F2O5S. The van der Waals surface area contributed by atoms with Gasteiger partial charge < -0.3 is 4.74 Å². The van der Waals surface area contributed by atoms with E-state index in [1.807, 2.05) is 0 Å². The summed E-state index contributed by atoms with van der Waals surface area (Å²) in [5.74, 6) is -0.885. The maximum atomic E-state index is 12.8. The smallest absolute Gasteiger partial charge is 0.402 e. The molecule has 0 aliphatic carbocycles. The lowest BCUT2D eigenvalue weighted by atomic mass is 10.1. The molecule has 126 valence electrons. The first-order chi connectivity index (χ1) is 9.70. The Labute approximate surface area is 124 Å². The molecule has 1 N–H and O–H groups in total. The van der Waals surface area contributed by atoms with Crippen LogP contribution in [0.25, 0.3) is 0 Å². The molecule has 0 saturated carbocycles. The van der Waals surface area contributed by atoms with Crippen molar-refractivity contribution in [2.75, 3.05) is 6.61 Å². The molecule has 0 amide bonds. The lowest BCUT2D eigenvalue weighted by Crippen LogP contribution is -2.34. The zero-order valence-electron chi connectivity index (χ0n) is 12.3. The third-order valence-electron chi connectivity index (χ3n) is 3.01. The molecule has 0 bridgehead atoms. The summed E-state index contributed by atoms with van der Waals surface area (Å²) in [6, 6.07) is 0. The zero-order valence-corrected chi connectivity index (χ0v) is 13.1. The van der Waals surface area contributed by atoms with Crippen LogP contribution in [0.1, 0.15) is 64.7 Å². The average molecular weight is 330 g/mol. The van der Waals surface area contributed by atoms with E-state index in [1.165, 1.54) is 19.3 Å². The third-order valence-corrected chi connectivity index (χ3v) is 3.89. The molecule has 0 aliphatic rings. The number of hydrogen-bond donors (Lipinski definition) is 1. The van der Waals surface area contributed by atoms with E-state index in [9.17, 15) is 22.0 Å². The number of halogens is 2. The van der Waals surface area contributed by atoms with E-state index < -0.39 is 27.9 Å². The van der Waals surface area contributed by atoms with Gasteiger partial charge in [-0.3, -0.25) is 9.35 Å². The third kappa shape index (κ3) is 9.73. The number of ether oxygens (including phenoxy) is 1. The van der Waals surface area contributed by atoms with Gasteiger partial charge in [-0.1, -0.05) is 51.9 Å². The Morgan fingerprint density at radius 2 is 1.52 bits per heavy atom. The highest BCUT2D eigenvalue weighted by Gasteiger charge is 2.45. The molecule has 0 spiro atoms. The molecule has 0 rings (SSSR count). The van der Waals surface area contributed by atoms with Crippen molar-refractivity contribution in [3.8, 4) is 0 Å². The minimum Gasteiger partial charge on any atom is -0.458 e. The van der Waals surface area contributed by atoms with Crippen LogP contribution in [-0.2, 0) is 19.6 Å². The van der Waals surface area contributed by atoms with Crippen LogP contribution in [0.4, 0.5) is 8.78 Å². The van der Waals surface area contributed by atoms with Gasteiger partial charge in [0.25, 0.3) is 0 Å². The minimum absolute atomic E-state index is 0.0312. The fraction of sp³-hybridized carbons (Fsp3) is 0.923. The van der Waals surface area contributed by atoms with Gasteiger partial charge in [-0.25, -0.2) is 0 Å². The van der Waals surface area contributed by atoms with Gasteiger partial charge in [-0.05, 0) is 6.42 Å². The summed E-state index contributed by atoms with van der Waals surface area (Å²) in [5, 5.41) is -4.46. The molecule has 0 radical (unpaired) electrons. The maximum absolute atomic E-state index is 12.8. The van der Waals surface area contributed by atoms with Crippen LogP contribution in [0.15, 0.2) is 0 Å². The summed E-state index contributed by atoms with van der Waals surface area (Å²) in [7, 11) is -5.55. The molecule has 0 aliphatic heterocycles. The first-order valence-electron chi connectivity index (χ1n) is 7.21. The topological polar surface area (TPSA) is 80.7 Å². The van der Waals surface area contributed by atoms with Crippen molar-refractivity contribution >= 4 is 16.1 Å². The summed E-state index contributed by atoms with van der Waals surface area (Å²) in [6.07, 6.45) is 8.08. The molecule has 0 aromatic carbocycles. The highest BCUT2D eigenvalue weighted by atomic mass is 32.2. The number of esters is 1. The van der Waals surface area contributed by atoms with Gasteiger partial charge in [0.15, 0.2) is 6.61 Å². The van der Waals surface area contributed by atoms with Crippen LogP contribution in [0, 0.1) is 0 Å². The number of rotatable bonds is 12. The fourth-order valence-electron chi connectivity index (χ4n) is 1.71. The van der Waals surface area contributed by atoms with Crippen LogP contribution < -0.4 is 0 Å². The Bertz CT molecular complexity index is 395. The summed E-state index contributed by atoms with van der Waals surface area (Å²) in [6.45, 7) is 0.485. The van der Waals surface area contributed by atoms with E-state index in [-0.39, 0.29) is 6.42 Å². The predicted molar refractivity (Wildman–Crippen MR) is 74.7 cm³/mol. The van der Waals surface area contributed by atoms with E-state index in [1.54, 1.807) is 0 Å². The molecule has 0 saturated heterocycles. The Hall–Kier alpha value is -0.760. The molecule has 0 atom stereocenters. The number of carbonyl (C=O) groups excluding carboxylic acids is 1. The van der Waals surface area contributed by atoms with Gasteiger partial charge in [0, 0.05) is 6.42 Å². The molecule has 8 heteroatoms. The Balaban J connectivity index is 3.64. The normalized spacial score (nSPS) is 12.4. The van der Waals surface area contributed by atoms with E-state index in [0.29, 0.717) is 6.42 Å². The fourth-order valence-corrected chi connectivity index (χ4v) is 1.92. The Morgan fingerprint density at radius 1 is 1.05 bits per heavy atom. The highest BCUT2D eigenvalue weighted by molar-refractivity contribution is 7.86. The van der Waals surface area contributed by atoms with E-state index >= 15 is 0 Å². The van der Waals surface area contributed by atoms with Crippen molar-refractivity contribution in [1.82, 2.24) is 0 Å². The van der Waals surface area contributed by atoms with Crippen molar-refractivity contribution < 1.29 is 31.3 Å². The minimum atomic E-state index is -5.55. The van der Waals surface area contributed by atoms with Gasteiger partial charge >= 0.3 is 21.3 Å². The van der Waals surface area contributed by atoms with Crippen molar-refractivity contribution in [1.29, 1.82) is 0 Å². The molecule has 0 aromatic heterocycles.